The van der Waals surface area contributed by atoms with Crippen molar-refractivity contribution in [2.75, 3.05) is 5.75 Å². The van der Waals surface area contributed by atoms with Crippen LogP contribution in [-0.2, 0) is 4.79 Å². The summed E-state index contributed by atoms with van der Waals surface area (Å²) < 4.78 is 0. The van der Waals surface area contributed by atoms with Gasteiger partial charge in [0.25, 0.3) is 0 Å². The number of carboxylic acid groups (broad SMARTS) is 1. The molecule has 0 aromatic rings. The maximum Gasteiger partial charge on any atom is 0.316 e. The quantitative estimate of drug-likeness (QED) is 0.630. The van der Waals surface area contributed by atoms with Gasteiger partial charge in [-0.3, -0.25) is 4.79 Å². The second-order valence-electron chi connectivity index (χ2n) is 1.44. The van der Waals surface area contributed by atoms with Crippen molar-refractivity contribution in [2.24, 2.45) is 0 Å². The van der Waals surface area contributed by atoms with E-state index in [-0.39, 0.29) is 5.25 Å². The molecule has 0 aliphatic carbocycles. The highest BCUT2D eigenvalue weighted by Crippen LogP contribution is 2.07. The lowest BCUT2D eigenvalue weighted by molar-refractivity contribution is -0.136. The van der Waals surface area contributed by atoms with Gasteiger partial charge in [-0.1, -0.05) is 6.92 Å². The smallest absolute Gasteiger partial charge is 0.316 e. The Morgan fingerprint density at radius 3 is 2.50 bits per heavy atom. The largest absolute Gasteiger partial charge is 0.480 e. The predicted octanol–water partition coefficient (Wildman–Crippen LogP) is 1.21. The fourth-order valence-corrected chi connectivity index (χ4v) is 0.964. The average Bonchev–Trinajstić information content (AvgIpc) is 1.67. The molecule has 0 aromatic heterocycles. The van der Waals surface area contributed by atoms with E-state index >= 15 is 0 Å². The predicted molar refractivity (Wildman–Crippen MR) is 35.2 cm³/mol. The zero-order chi connectivity index (χ0) is 6.57. The first-order valence-electron chi connectivity index (χ1n) is 2.53. The Hall–Kier alpha value is -0.180. The van der Waals surface area contributed by atoms with Gasteiger partial charge in [-0.05, 0) is 12.7 Å². The summed E-state index contributed by atoms with van der Waals surface area (Å²) in [6, 6.07) is 0. The molecule has 0 heterocycles. The number of carboxylic acids is 1. The van der Waals surface area contributed by atoms with Crippen LogP contribution < -0.4 is 0 Å². The zero-order valence-corrected chi connectivity index (χ0v) is 5.86. The topological polar surface area (TPSA) is 37.3 Å². The summed E-state index contributed by atoms with van der Waals surface area (Å²) in [5.41, 5.74) is 0. The maximum atomic E-state index is 10.1. The van der Waals surface area contributed by atoms with Crippen molar-refractivity contribution in [1.29, 1.82) is 0 Å². The molecule has 0 aliphatic heterocycles. The van der Waals surface area contributed by atoms with Crippen molar-refractivity contribution in [2.45, 2.75) is 19.1 Å². The average molecular weight is 134 g/mol. The van der Waals surface area contributed by atoms with Crippen molar-refractivity contribution in [3.63, 3.8) is 0 Å². The summed E-state index contributed by atoms with van der Waals surface area (Å²) in [5.74, 6) is 0.143. The van der Waals surface area contributed by atoms with Crippen LogP contribution in [0.4, 0.5) is 0 Å². The molecule has 0 amide bonds. The Morgan fingerprint density at radius 1 is 1.88 bits per heavy atom. The Bertz CT molecular complexity index is 82.5. The van der Waals surface area contributed by atoms with Crippen molar-refractivity contribution < 1.29 is 9.90 Å². The second kappa shape index (κ2) is 3.78. The Labute approximate surface area is 53.3 Å². The van der Waals surface area contributed by atoms with Crippen LogP contribution >= 0.6 is 11.8 Å². The number of rotatable bonds is 3. The molecule has 2 nitrogen and oxygen atoms in total. The molecule has 0 bridgehead atoms. The van der Waals surface area contributed by atoms with E-state index in [1.165, 1.54) is 11.8 Å². The summed E-state index contributed by atoms with van der Waals surface area (Å²) in [5, 5.41) is 8.04. The van der Waals surface area contributed by atoms with Gasteiger partial charge >= 0.3 is 5.97 Å². The standard InChI is InChI=1S/C5H10O2S/c1-3-8-4(2)5(6)7/h4H,3H2,1-2H3,(H,6,7)/t4-/m1/s1. The van der Waals surface area contributed by atoms with E-state index in [1.807, 2.05) is 6.92 Å². The van der Waals surface area contributed by atoms with Crippen molar-refractivity contribution in [1.82, 2.24) is 0 Å². The molecule has 0 aromatic carbocycles. The third-order valence-electron chi connectivity index (χ3n) is 0.764. The minimum atomic E-state index is -0.725. The van der Waals surface area contributed by atoms with Gasteiger partial charge in [-0.25, -0.2) is 0 Å². The highest BCUT2D eigenvalue weighted by Gasteiger charge is 2.07. The normalized spacial score (nSPS) is 13.2. The molecule has 0 spiro atoms. The third-order valence-corrected chi connectivity index (χ3v) is 1.80. The number of hydrogen-bond donors (Lipinski definition) is 1. The van der Waals surface area contributed by atoms with Gasteiger partial charge in [0.05, 0.1) is 5.25 Å². The summed E-state index contributed by atoms with van der Waals surface area (Å²) in [4.78, 5) is 10.1. The lowest BCUT2D eigenvalue weighted by Gasteiger charge is -2.00. The molecule has 1 atom stereocenters. The van der Waals surface area contributed by atoms with Crippen LogP contribution in [0.15, 0.2) is 0 Å². The van der Waals surface area contributed by atoms with E-state index in [0.717, 1.165) is 5.75 Å². The van der Waals surface area contributed by atoms with Crippen molar-refractivity contribution >= 4 is 17.7 Å². The van der Waals surface area contributed by atoms with E-state index in [1.54, 1.807) is 6.92 Å². The second-order valence-corrected chi connectivity index (χ2v) is 3.05. The van der Waals surface area contributed by atoms with Crippen molar-refractivity contribution in [3.05, 3.63) is 0 Å². The van der Waals surface area contributed by atoms with Gasteiger partial charge in [0.1, 0.15) is 0 Å². The lowest BCUT2D eigenvalue weighted by Crippen LogP contribution is -2.11. The van der Waals surface area contributed by atoms with Crippen LogP contribution in [0, 0.1) is 0 Å². The number of aliphatic carboxylic acids is 1. The lowest BCUT2D eigenvalue weighted by atomic mass is 10.5. The summed E-state index contributed by atoms with van der Waals surface area (Å²) in [7, 11) is 0. The Morgan fingerprint density at radius 2 is 2.38 bits per heavy atom. The van der Waals surface area contributed by atoms with E-state index in [0.29, 0.717) is 0 Å². The molecule has 0 aliphatic rings. The van der Waals surface area contributed by atoms with E-state index in [2.05, 4.69) is 0 Å². The minimum absolute atomic E-state index is 0.250. The van der Waals surface area contributed by atoms with Crippen LogP contribution in [0.1, 0.15) is 13.8 Å². The molecule has 0 unspecified atom stereocenters. The summed E-state index contributed by atoms with van der Waals surface area (Å²) in [6.45, 7) is 3.64. The SMILES string of the molecule is CCS[C@H](C)C(=O)O. The number of hydrogen-bond acceptors (Lipinski definition) is 2. The van der Waals surface area contributed by atoms with Crippen LogP contribution in [0.5, 0.6) is 0 Å². The molecule has 0 saturated carbocycles. The van der Waals surface area contributed by atoms with Crippen LogP contribution in [-0.4, -0.2) is 22.1 Å². The molecule has 0 rings (SSSR count). The van der Waals surface area contributed by atoms with Crippen LogP contribution in [0.3, 0.4) is 0 Å². The van der Waals surface area contributed by atoms with Gasteiger partial charge in [-0.2, -0.15) is 0 Å². The summed E-state index contributed by atoms with van der Waals surface area (Å²) in [6.07, 6.45) is 0. The molecule has 8 heavy (non-hydrogen) atoms. The van der Waals surface area contributed by atoms with E-state index < -0.39 is 5.97 Å². The molecule has 0 saturated heterocycles. The fourth-order valence-electron chi connectivity index (χ4n) is 0.321. The first kappa shape index (κ1) is 7.82. The number of thioether (sulfide) groups is 1. The molecule has 3 heteroatoms. The van der Waals surface area contributed by atoms with Gasteiger partial charge in [-0.15, -0.1) is 11.8 Å². The van der Waals surface area contributed by atoms with Crippen LogP contribution in [0.2, 0.25) is 0 Å². The van der Waals surface area contributed by atoms with Gasteiger partial charge in [0.2, 0.25) is 0 Å². The van der Waals surface area contributed by atoms with Crippen molar-refractivity contribution in [3.8, 4) is 0 Å². The first-order valence-corrected chi connectivity index (χ1v) is 3.57. The first-order chi connectivity index (χ1) is 3.68. The van der Waals surface area contributed by atoms with E-state index in [4.69, 9.17) is 5.11 Å². The zero-order valence-electron chi connectivity index (χ0n) is 5.05. The highest BCUT2D eigenvalue weighted by atomic mass is 32.2. The van der Waals surface area contributed by atoms with E-state index in [9.17, 15) is 4.79 Å². The van der Waals surface area contributed by atoms with Crippen LogP contribution in [0.25, 0.3) is 0 Å². The molecular formula is C5H10O2S. The number of carbonyl (C=O) groups is 1. The Balaban J connectivity index is 3.32. The molecule has 0 radical (unpaired) electrons. The monoisotopic (exact) mass is 134 g/mol. The van der Waals surface area contributed by atoms with Gasteiger partial charge in [0, 0.05) is 0 Å². The van der Waals surface area contributed by atoms with Gasteiger partial charge in [0.15, 0.2) is 0 Å². The Kier molecular flexibility index (Phi) is 3.69. The summed E-state index contributed by atoms with van der Waals surface area (Å²) >= 11 is 1.44. The molecular weight excluding hydrogens is 124 g/mol. The molecule has 0 fully saturated rings. The maximum absolute atomic E-state index is 10.1. The fraction of sp³-hybridized carbons (Fsp3) is 0.800. The van der Waals surface area contributed by atoms with Gasteiger partial charge < -0.3 is 5.11 Å². The highest BCUT2D eigenvalue weighted by molar-refractivity contribution is 8.00. The molecule has 48 valence electrons. The molecule has 1 N–H and O–H groups in total. The third kappa shape index (κ3) is 2.91. The minimum Gasteiger partial charge on any atom is -0.480 e.